The third-order valence-corrected chi connectivity index (χ3v) is 4.02. The highest BCUT2D eigenvalue weighted by molar-refractivity contribution is 6.04. The van der Waals surface area contributed by atoms with Crippen molar-refractivity contribution in [1.29, 1.82) is 0 Å². The topological polar surface area (TPSA) is 76.6 Å². The molecular formula is C20H28N4O3. The summed E-state index contributed by atoms with van der Waals surface area (Å²) in [6.45, 7) is 7.81. The minimum Gasteiger partial charge on any atom is -0.497 e. The van der Waals surface area contributed by atoms with E-state index in [4.69, 9.17) is 9.47 Å². The quantitative estimate of drug-likeness (QED) is 0.723. The van der Waals surface area contributed by atoms with Crippen LogP contribution in [0.5, 0.6) is 11.5 Å². The zero-order valence-electron chi connectivity index (χ0n) is 16.7. The van der Waals surface area contributed by atoms with Crippen LogP contribution in [-0.2, 0) is 0 Å². The second-order valence-electron chi connectivity index (χ2n) is 6.17. The Labute approximate surface area is 160 Å². The molecule has 0 atom stereocenters. The molecular weight excluding hydrogens is 344 g/mol. The van der Waals surface area contributed by atoms with Gasteiger partial charge in [-0.25, -0.2) is 9.97 Å². The molecule has 1 N–H and O–H groups in total. The van der Waals surface area contributed by atoms with Gasteiger partial charge in [-0.3, -0.25) is 4.79 Å². The molecule has 0 aliphatic carbocycles. The number of amides is 1. The maximum Gasteiger partial charge on any atom is 0.274 e. The molecule has 0 fully saturated rings. The van der Waals surface area contributed by atoms with E-state index in [-0.39, 0.29) is 5.91 Å². The zero-order valence-corrected chi connectivity index (χ0v) is 16.7. The van der Waals surface area contributed by atoms with Crippen molar-refractivity contribution in [1.82, 2.24) is 9.97 Å². The van der Waals surface area contributed by atoms with E-state index in [1.807, 2.05) is 0 Å². The largest absolute Gasteiger partial charge is 0.497 e. The number of nitrogens with one attached hydrogen (secondary N) is 1. The van der Waals surface area contributed by atoms with Crippen LogP contribution in [0.2, 0.25) is 0 Å². The number of aromatic nitrogens is 2. The van der Waals surface area contributed by atoms with Crippen LogP contribution in [0.3, 0.4) is 0 Å². The average molecular weight is 372 g/mol. The lowest BCUT2D eigenvalue weighted by molar-refractivity contribution is 0.102. The first-order valence-corrected chi connectivity index (χ1v) is 9.16. The Hall–Kier alpha value is -2.83. The summed E-state index contributed by atoms with van der Waals surface area (Å²) in [5.41, 5.74) is 0.846. The van der Waals surface area contributed by atoms with Crippen molar-refractivity contribution in [3.8, 4) is 11.5 Å². The van der Waals surface area contributed by atoms with Crippen molar-refractivity contribution in [3.63, 3.8) is 0 Å². The zero-order chi connectivity index (χ0) is 19.8. The van der Waals surface area contributed by atoms with Gasteiger partial charge in [0.15, 0.2) is 0 Å². The smallest absolute Gasteiger partial charge is 0.274 e. The molecule has 1 heterocycles. The van der Waals surface area contributed by atoms with Crippen LogP contribution in [0.15, 0.2) is 24.3 Å². The van der Waals surface area contributed by atoms with Gasteiger partial charge in [-0.1, -0.05) is 13.8 Å². The van der Waals surface area contributed by atoms with Crippen LogP contribution in [0.1, 0.15) is 43.0 Å². The molecule has 0 aliphatic rings. The number of rotatable bonds is 9. The molecule has 0 spiro atoms. The van der Waals surface area contributed by atoms with Crippen molar-refractivity contribution < 1.29 is 14.3 Å². The fraction of sp³-hybridized carbons (Fsp3) is 0.450. The lowest BCUT2D eigenvalue weighted by Crippen LogP contribution is -2.27. The monoisotopic (exact) mass is 372 g/mol. The molecule has 1 aromatic heterocycles. The Morgan fingerprint density at radius 2 is 1.78 bits per heavy atom. The number of carbonyl (C=O) groups excluding carboxylic acids is 1. The lowest BCUT2D eigenvalue weighted by Gasteiger charge is -2.23. The highest BCUT2D eigenvalue weighted by Gasteiger charge is 2.16. The molecule has 146 valence electrons. The Morgan fingerprint density at radius 3 is 2.37 bits per heavy atom. The molecule has 1 amide bonds. The summed E-state index contributed by atoms with van der Waals surface area (Å²) in [5, 5.41) is 2.86. The van der Waals surface area contributed by atoms with Crippen LogP contribution in [0, 0.1) is 6.92 Å². The standard InChI is InChI=1S/C20H28N4O3/c1-6-10-24(11-7-2)19-13-17(21-14(3)22-19)20(25)23-16-12-15(26-4)8-9-18(16)27-5/h8-9,12-13H,6-7,10-11H2,1-5H3,(H,23,25). The number of nitrogens with zero attached hydrogens (tertiary/aromatic N) is 3. The first-order valence-electron chi connectivity index (χ1n) is 9.16. The van der Waals surface area contributed by atoms with E-state index >= 15 is 0 Å². The molecule has 0 unspecified atom stereocenters. The SMILES string of the molecule is CCCN(CCC)c1cc(C(=O)Nc2cc(OC)ccc2OC)nc(C)n1. The summed E-state index contributed by atoms with van der Waals surface area (Å²) in [5.74, 6) is 2.19. The minimum atomic E-state index is -0.318. The van der Waals surface area contributed by atoms with E-state index in [9.17, 15) is 4.79 Å². The van der Waals surface area contributed by atoms with Gasteiger partial charge in [0.25, 0.3) is 5.91 Å². The first-order chi connectivity index (χ1) is 13.0. The van der Waals surface area contributed by atoms with Crippen molar-refractivity contribution in [3.05, 3.63) is 35.8 Å². The summed E-state index contributed by atoms with van der Waals surface area (Å²) in [6, 6.07) is 6.97. The predicted octanol–water partition coefficient (Wildman–Crippen LogP) is 3.68. The fourth-order valence-electron chi connectivity index (χ4n) is 2.81. The normalized spacial score (nSPS) is 10.4. The van der Waals surface area contributed by atoms with E-state index in [1.165, 1.54) is 0 Å². The summed E-state index contributed by atoms with van der Waals surface area (Å²) in [6.07, 6.45) is 2.01. The number of methoxy groups -OCH3 is 2. The number of anilines is 2. The highest BCUT2D eigenvalue weighted by atomic mass is 16.5. The molecule has 1 aromatic carbocycles. The predicted molar refractivity (Wildman–Crippen MR) is 107 cm³/mol. The van der Waals surface area contributed by atoms with Crippen LogP contribution in [-0.4, -0.2) is 43.2 Å². The molecule has 2 rings (SSSR count). The van der Waals surface area contributed by atoms with Gasteiger partial charge in [0.1, 0.15) is 28.8 Å². The van der Waals surface area contributed by atoms with Gasteiger partial charge in [-0.2, -0.15) is 0 Å². The molecule has 7 nitrogen and oxygen atoms in total. The van der Waals surface area contributed by atoms with Gasteiger partial charge >= 0.3 is 0 Å². The number of carbonyl (C=O) groups is 1. The van der Waals surface area contributed by atoms with Gasteiger partial charge in [0.2, 0.25) is 0 Å². The van der Waals surface area contributed by atoms with Crippen molar-refractivity contribution in [2.24, 2.45) is 0 Å². The average Bonchev–Trinajstić information content (AvgIpc) is 2.67. The second kappa shape index (κ2) is 9.75. The Morgan fingerprint density at radius 1 is 1.07 bits per heavy atom. The van der Waals surface area contributed by atoms with Crippen LogP contribution in [0.25, 0.3) is 0 Å². The second-order valence-corrected chi connectivity index (χ2v) is 6.17. The van der Waals surface area contributed by atoms with Crippen LogP contribution >= 0.6 is 0 Å². The number of hydrogen-bond donors (Lipinski definition) is 1. The maximum absolute atomic E-state index is 12.8. The number of aryl methyl sites for hydroxylation is 1. The molecule has 0 bridgehead atoms. The summed E-state index contributed by atoms with van der Waals surface area (Å²) in [7, 11) is 3.13. The van der Waals surface area contributed by atoms with Crippen molar-refractivity contribution >= 4 is 17.4 Å². The summed E-state index contributed by atoms with van der Waals surface area (Å²) >= 11 is 0. The number of benzene rings is 1. The molecule has 0 saturated carbocycles. The van der Waals surface area contributed by atoms with Crippen molar-refractivity contribution in [2.75, 3.05) is 37.5 Å². The molecule has 7 heteroatoms. The summed E-state index contributed by atoms with van der Waals surface area (Å²) < 4.78 is 10.5. The molecule has 0 aliphatic heterocycles. The minimum absolute atomic E-state index is 0.318. The van der Waals surface area contributed by atoms with Crippen LogP contribution < -0.4 is 19.7 Å². The van der Waals surface area contributed by atoms with E-state index in [0.717, 1.165) is 31.7 Å². The first kappa shape index (κ1) is 20.5. The lowest BCUT2D eigenvalue weighted by atomic mass is 10.2. The fourth-order valence-corrected chi connectivity index (χ4v) is 2.81. The van der Waals surface area contributed by atoms with E-state index in [0.29, 0.717) is 28.7 Å². The van der Waals surface area contributed by atoms with E-state index in [1.54, 1.807) is 45.4 Å². The Kier molecular flexibility index (Phi) is 7.40. The number of ether oxygens (including phenoxy) is 2. The summed E-state index contributed by atoms with van der Waals surface area (Å²) in [4.78, 5) is 23.8. The highest BCUT2D eigenvalue weighted by Crippen LogP contribution is 2.29. The molecule has 27 heavy (non-hydrogen) atoms. The third kappa shape index (κ3) is 5.32. The molecule has 2 aromatic rings. The maximum atomic E-state index is 12.8. The third-order valence-electron chi connectivity index (χ3n) is 4.02. The van der Waals surface area contributed by atoms with Crippen molar-refractivity contribution in [2.45, 2.75) is 33.6 Å². The Bertz CT molecular complexity index is 774. The van der Waals surface area contributed by atoms with Gasteiger partial charge < -0.3 is 19.7 Å². The van der Waals surface area contributed by atoms with Gasteiger partial charge in [0.05, 0.1) is 19.9 Å². The van der Waals surface area contributed by atoms with Crippen LogP contribution in [0.4, 0.5) is 11.5 Å². The van der Waals surface area contributed by atoms with Gasteiger partial charge in [-0.05, 0) is 31.9 Å². The molecule has 0 radical (unpaired) electrons. The van der Waals surface area contributed by atoms with Gasteiger partial charge in [-0.15, -0.1) is 0 Å². The number of hydrogen-bond acceptors (Lipinski definition) is 6. The van der Waals surface area contributed by atoms with E-state index < -0.39 is 0 Å². The molecule has 0 saturated heterocycles. The van der Waals surface area contributed by atoms with E-state index in [2.05, 4.69) is 34.0 Å². The van der Waals surface area contributed by atoms with Gasteiger partial charge in [0, 0.05) is 25.2 Å². The Balaban J connectivity index is 2.31.